The highest BCUT2D eigenvalue weighted by molar-refractivity contribution is 5.34. The Hall–Kier alpha value is -0.820. The molecule has 0 radical (unpaired) electrons. The van der Waals surface area contributed by atoms with Gasteiger partial charge in [0.25, 0.3) is 0 Å². The Labute approximate surface area is 86.8 Å². The maximum absolute atomic E-state index is 3.90. The molecule has 0 aromatic carbocycles. The van der Waals surface area contributed by atoms with E-state index in [2.05, 4.69) is 25.1 Å². The lowest BCUT2D eigenvalue weighted by molar-refractivity contribution is 0.395. The molecule has 1 aliphatic heterocycles. The molecule has 2 rings (SSSR count). The monoisotopic (exact) mass is 189 g/mol. The van der Waals surface area contributed by atoms with Crippen LogP contribution in [0.3, 0.4) is 0 Å². The molecule has 0 saturated carbocycles. The molecule has 0 aromatic heterocycles. The molecule has 1 heteroatoms. The average molecular weight is 189 g/mol. The molecule has 2 atom stereocenters. The van der Waals surface area contributed by atoms with E-state index in [-0.39, 0.29) is 0 Å². The summed E-state index contributed by atoms with van der Waals surface area (Å²) >= 11 is 0. The molecule has 0 spiro atoms. The van der Waals surface area contributed by atoms with Crippen molar-refractivity contribution < 1.29 is 0 Å². The number of fused-ring (bicyclic) bond motifs is 1. The molecular formula is C13H19N. The molecule has 1 saturated heterocycles. The van der Waals surface area contributed by atoms with Gasteiger partial charge in [-0.2, -0.15) is 0 Å². The Morgan fingerprint density at radius 3 is 1.86 bits per heavy atom. The first kappa shape index (κ1) is 9.72. The lowest BCUT2D eigenvalue weighted by atomic mass is 9.78. The molecule has 14 heavy (non-hydrogen) atoms. The van der Waals surface area contributed by atoms with Gasteiger partial charge in [-0.25, -0.2) is 0 Å². The molecule has 76 valence electrons. The third-order valence-corrected chi connectivity index (χ3v) is 3.63. The van der Waals surface area contributed by atoms with Crippen LogP contribution in [0.1, 0.15) is 12.8 Å². The normalized spacial score (nSPS) is 32.9. The minimum Gasteiger partial charge on any atom is -0.306 e. The second kappa shape index (κ2) is 3.74. The largest absolute Gasteiger partial charge is 0.306 e. The Morgan fingerprint density at radius 2 is 1.50 bits per heavy atom. The molecule has 1 fully saturated rings. The Morgan fingerprint density at radius 1 is 1.07 bits per heavy atom. The van der Waals surface area contributed by atoms with Gasteiger partial charge in [-0.05, 0) is 42.9 Å². The third-order valence-electron chi connectivity index (χ3n) is 3.63. The van der Waals surface area contributed by atoms with Crippen molar-refractivity contribution in [3.8, 4) is 0 Å². The first-order valence-corrected chi connectivity index (χ1v) is 5.40. The number of allylic oxidation sites excluding steroid dienone is 4. The summed E-state index contributed by atoms with van der Waals surface area (Å²) in [5.41, 5.74) is 2.85. The highest BCUT2D eigenvalue weighted by atomic mass is 15.1. The van der Waals surface area contributed by atoms with E-state index in [9.17, 15) is 0 Å². The van der Waals surface area contributed by atoms with Crippen LogP contribution >= 0.6 is 0 Å². The first-order valence-electron chi connectivity index (χ1n) is 5.40. The van der Waals surface area contributed by atoms with Crippen LogP contribution < -0.4 is 0 Å². The molecular weight excluding hydrogens is 170 g/mol. The first-order chi connectivity index (χ1) is 6.74. The van der Waals surface area contributed by atoms with E-state index in [1.54, 1.807) is 0 Å². The van der Waals surface area contributed by atoms with Gasteiger partial charge in [-0.15, -0.1) is 0 Å². The summed E-state index contributed by atoms with van der Waals surface area (Å²) in [5, 5.41) is 0. The second-order valence-corrected chi connectivity index (χ2v) is 4.61. The quantitative estimate of drug-likeness (QED) is 0.645. The van der Waals surface area contributed by atoms with Crippen LogP contribution in [0.25, 0.3) is 0 Å². The van der Waals surface area contributed by atoms with Crippen molar-refractivity contribution in [1.82, 2.24) is 4.90 Å². The molecule has 0 unspecified atom stereocenters. The zero-order valence-electron chi connectivity index (χ0n) is 9.00. The van der Waals surface area contributed by atoms with E-state index < -0.39 is 0 Å². The van der Waals surface area contributed by atoms with Crippen molar-refractivity contribution in [1.29, 1.82) is 0 Å². The summed E-state index contributed by atoms with van der Waals surface area (Å²) in [4.78, 5) is 2.45. The van der Waals surface area contributed by atoms with Gasteiger partial charge in [0, 0.05) is 13.1 Å². The molecule has 0 N–H and O–H groups in total. The van der Waals surface area contributed by atoms with Crippen LogP contribution in [0.2, 0.25) is 0 Å². The van der Waals surface area contributed by atoms with Crippen molar-refractivity contribution in [3.63, 3.8) is 0 Å². The fourth-order valence-corrected chi connectivity index (χ4v) is 2.89. The van der Waals surface area contributed by atoms with Crippen LogP contribution in [0, 0.1) is 11.8 Å². The molecule has 0 aromatic rings. The summed E-state index contributed by atoms with van der Waals surface area (Å²) < 4.78 is 0. The van der Waals surface area contributed by atoms with Crippen molar-refractivity contribution in [3.05, 3.63) is 36.5 Å². The summed E-state index contributed by atoms with van der Waals surface area (Å²) in [7, 11) is 2.22. The predicted octanol–water partition coefficient (Wildman–Crippen LogP) is 2.63. The van der Waals surface area contributed by atoms with E-state index in [1.165, 1.54) is 37.1 Å². The molecule has 2 aliphatic rings. The van der Waals surface area contributed by atoms with Crippen LogP contribution in [0.15, 0.2) is 36.5 Å². The van der Waals surface area contributed by atoms with Gasteiger partial charge in [0.2, 0.25) is 0 Å². The minimum atomic E-state index is 0.858. The SMILES string of the molecule is C=CC1=C(C=C)C[C@H]2CN(C)C[C@H]2C1. The molecule has 1 heterocycles. The van der Waals surface area contributed by atoms with Crippen LogP contribution in [-0.4, -0.2) is 25.0 Å². The van der Waals surface area contributed by atoms with E-state index in [4.69, 9.17) is 0 Å². The maximum Gasteiger partial charge on any atom is 0.00132 e. The van der Waals surface area contributed by atoms with Crippen LogP contribution in [-0.2, 0) is 0 Å². The lowest BCUT2D eigenvalue weighted by Crippen LogP contribution is -2.18. The van der Waals surface area contributed by atoms with E-state index in [1.807, 2.05) is 12.2 Å². The van der Waals surface area contributed by atoms with Gasteiger partial charge in [-0.3, -0.25) is 0 Å². The fraction of sp³-hybridized carbons (Fsp3) is 0.538. The van der Waals surface area contributed by atoms with E-state index >= 15 is 0 Å². The summed E-state index contributed by atoms with van der Waals surface area (Å²) in [6, 6.07) is 0. The number of nitrogens with zero attached hydrogens (tertiary/aromatic N) is 1. The topological polar surface area (TPSA) is 3.24 Å². The van der Waals surface area contributed by atoms with Crippen molar-refractivity contribution in [2.75, 3.05) is 20.1 Å². The van der Waals surface area contributed by atoms with Crippen molar-refractivity contribution in [2.24, 2.45) is 11.8 Å². The number of rotatable bonds is 2. The van der Waals surface area contributed by atoms with E-state index in [0.29, 0.717) is 0 Å². The van der Waals surface area contributed by atoms with Gasteiger partial charge < -0.3 is 4.90 Å². The van der Waals surface area contributed by atoms with Crippen molar-refractivity contribution >= 4 is 0 Å². The second-order valence-electron chi connectivity index (χ2n) is 4.61. The lowest BCUT2D eigenvalue weighted by Gasteiger charge is -2.26. The van der Waals surface area contributed by atoms with Gasteiger partial charge in [0.05, 0.1) is 0 Å². The average Bonchev–Trinajstić information content (AvgIpc) is 2.54. The molecule has 1 nitrogen and oxygen atoms in total. The highest BCUT2D eigenvalue weighted by Gasteiger charge is 2.34. The summed E-state index contributed by atoms with van der Waals surface area (Å²) in [6.45, 7) is 10.3. The Kier molecular flexibility index (Phi) is 2.60. The summed E-state index contributed by atoms with van der Waals surface area (Å²) in [6.07, 6.45) is 6.46. The highest BCUT2D eigenvalue weighted by Crippen LogP contribution is 2.39. The van der Waals surface area contributed by atoms with Gasteiger partial charge in [-0.1, -0.05) is 25.3 Å². The molecule has 0 amide bonds. The zero-order chi connectivity index (χ0) is 10.1. The number of hydrogen-bond acceptors (Lipinski definition) is 1. The van der Waals surface area contributed by atoms with Crippen LogP contribution in [0.4, 0.5) is 0 Å². The van der Waals surface area contributed by atoms with Crippen LogP contribution in [0.5, 0.6) is 0 Å². The van der Waals surface area contributed by atoms with Gasteiger partial charge >= 0.3 is 0 Å². The molecule has 1 aliphatic carbocycles. The Bertz CT molecular complexity index is 260. The van der Waals surface area contributed by atoms with Crippen molar-refractivity contribution in [2.45, 2.75) is 12.8 Å². The predicted molar refractivity (Wildman–Crippen MR) is 61.1 cm³/mol. The standard InChI is InChI=1S/C13H19N/c1-4-10-6-12-8-14(3)9-13(12)7-11(10)5-2/h4-5,12-13H,1-2,6-9H2,3H3/t12-,13+. The fourth-order valence-electron chi connectivity index (χ4n) is 2.89. The number of likely N-dealkylation sites (tertiary alicyclic amines) is 1. The molecule has 0 bridgehead atoms. The Balaban J connectivity index is 2.19. The van der Waals surface area contributed by atoms with E-state index in [0.717, 1.165) is 11.8 Å². The minimum absolute atomic E-state index is 0.858. The maximum atomic E-state index is 3.90. The smallest absolute Gasteiger partial charge is 0.00132 e. The van der Waals surface area contributed by atoms with Gasteiger partial charge in [0.15, 0.2) is 0 Å². The zero-order valence-corrected chi connectivity index (χ0v) is 9.00. The van der Waals surface area contributed by atoms with Gasteiger partial charge in [0.1, 0.15) is 0 Å². The number of hydrogen-bond donors (Lipinski definition) is 0. The summed E-state index contributed by atoms with van der Waals surface area (Å²) in [5.74, 6) is 1.72. The third kappa shape index (κ3) is 1.57.